The van der Waals surface area contributed by atoms with E-state index in [4.69, 9.17) is 37.0 Å². The van der Waals surface area contributed by atoms with E-state index in [9.17, 15) is 43.2 Å². The maximum absolute atomic E-state index is 13.1. The maximum atomic E-state index is 13.1. The largest absolute Gasteiger partial charge is 0.472 e. The second-order valence-electron chi connectivity index (χ2n) is 29.6. The van der Waals surface area contributed by atoms with Gasteiger partial charge in [0.05, 0.1) is 26.4 Å². The van der Waals surface area contributed by atoms with Crippen LogP contribution in [0.1, 0.15) is 433 Å². The first kappa shape index (κ1) is 98.1. The monoisotopic (exact) mass is 1470 g/mol. The summed E-state index contributed by atoms with van der Waals surface area (Å²) in [5, 5.41) is 10.6. The predicted molar refractivity (Wildman–Crippen MR) is 409 cm³/mol. The number of carbonyl (C=O) groups excluding carboxylic acids is 4. The van der Waals surface area contributed by atoms with Gasteiger partial charge >= 0.3 is 39.5 Å². The van der Waals surface area contributed by atoms with Gasteiger partial charge in [-0.05, 0) is 31.6 Å². The quantitative estimate of drug-likeness (QED) is 0.0222. The van der Waals surface area contributed by atoms with Crippen molar-refractivity contribution in [2.24, 2.45) is 5.92 Å². The standard InChI is InChI=1S/C81H158O17P2/c1-6-9-12-15-18-21-23-24-25-26-27-31-34-37-41-45-50-55-60-65-79(84)92-71-77(98-81(86)67-62-57-52-47-42-38-35-32-29-28-30-33-36-40-44-48-53-58-63-74(4)5)73-96-100(89,90)94-69-75(82)68-93-99(87,88)95-72-76(70-91-78(83)64-59-54-49-43-20-17-14-11-8-3)97-80(85)66-61-56-51-46-39-22-19-16-13-10-7-2/h74-77,82H,6-73H2,1-5H3,(H,87,88)(H,89,90)/t75-,76+,77+/m0/s1. The van der Waals surface area contributed by atoms with Crippen molar-refractivity contribution < 1.29 is 80.2 Å². The number of phosphoric ester groups is 2. The van der Waals surface area contributed by atoms with E-state index >= 15 is 0 Å². The number of carbonyl (C=O) groups is 4. The lowest BCUT2D eigenvalue weighted by Gasteiger charge is -2.21. The van der Waals surface area contributed by atoms with Crippen LogP contribution >= 0.6 is 15.6 Å². The fourth-order valence-electron chi connectivity index (χ4n) is 12.6. The number of hydrogen-bond acceptors (Lipinski definition) is 15. The van der Waals surface area contributed by atoms with E-state index in [0.29, 0.717) is 25.7 Å². The van der Waals surface area contributed by atoms with Crippen LogP contribution in [0.5, 0.6) is 0 Å². The molecule has 0 aliphatic heterocycles. The van der Waals surface area contributed by atoms with Crippen molar-refractivity contribution in [1.82, 2.24) is 0 Å². The van der Waals surface area contributed by atoms with Crippen LogP contribution in [-0.2, 0) is 65.4 Å². The Bertz CT molecular complexity index is 1910. The third-order valence-electron chi connectivity index (χ3n) is 19.0. The summed E-state index contributed by atoms with van der Waals surface area (Å²) in [7, 11) is -9.91. The Balaban J connectivity index is 5.18. The Morgan fingerprint density at radius 2 is 0.460 bits per heavy atom. The third-order valence-corrected chi connectivity index (χ3v) is 20.9. The van der Waals surface area contributed by atoms with Crippen LogP contribution in [0.25, 0.3) is 0 Å². The Kier molecular flexibility index (Phi) is 72.5. The third kappa shape index (κ3) is 74.3. The number of esters is 4. The molecule has 0 amide bonds. The Morgan fingerprint density at radius 1 is 0.270 bits per heavy atom. The van der Waals surface area contributed by atoms with Gasteiger partial charge in [0.1, 0.15) is 19.3 Å². The molecule has 594 valence electrons. The number of rotatable bonds is 81. The smallest absolute Gasteiger partial charge is 0.462 e. The molecule has 0 fully saturated rings. The van der Waals surface area contributed by atoms with Crippen molar-refractivity contribution >= 4 is 39.5 Å². The fraction of sp³-hybridized carbons (Fsp3) is 0.951. The molecule has 0 aliphatic rings. The second-order valence-corrected chi connectivity index (χ2v) is 32.5. The molecule has 0 aromatic heterocycles. The second kappa shape index (κ2) is 73.9. The zero-order valence-corrected chi connectivity index (χ0v) is 67.1. The van der Waals surface area contributed by atoms with Gasteiger partial charge in [0.25, 0.3) is 0 Å². The summed E-state index contributed by atoms with van der Waals surface area (Å²) in [5.74, 6) is -1.29. The molecular weight excluding hydrogens is 1310 g/mol. The highest BCUT2D eigenvalue weighted by atomic mass is 31.2. The summed E-state index contributed by atoms with van der Waals surface area (Å²) in [6, 6.07) is 0. The fourth-order valence-corrected chi connectivity index (χ4v) is 14.2. The van der Waals surface area contributed by atoms with Gasteiger partial charge in [-0.15, -0.1) is 0 Å². The topological polar surface area (TPSA) is 237 Å². The number of unbranched alkanes of at least 4 members (excludes halogenated alkanes) is 53. The molecule has 0 spiro atoms. The van der Waals surface area contributed by atoms with Crippen LogP contribution in [-0.4, -0.2) is 96.7 Å². The van der Waals surface area contributed by atoms with Crippen LogP contribution < -0.4 is 0 Å². The lowest BCUT2D eigenvalue weighted by Crippen LogP contribution is -2.30. The molecule has 0 saturated carbocycles. The van der Waals surface area contributed by atoms with E-state index < -0.39 is 97.5 Å². The van der Waals surface area contributed by atoms with E-state index in [2.05, 4.69) is 34.6 Å². The molecule has 0 rings (SSSR count). The summed E-state index contributed by atoms with van der Waals surface area (Å²) < 4.78 is 68.6. The molecule has 0 heterocycles. The summed E-state index contributed by atoms with van der Waals surface area (Å²) >= 11 is 0. The minimum absolute atomic E-state index is 0.107. The molecule has 17 nitrogen and oxygen atoms in total. The van der Waals surface area contributed by atoms with Crippen molar-refractivity contribution in [1.29, 1.82) is 0 Å². The molecule has 2 unspecified atom stereocenters. The first-order valence-electron chi connectivity index (χ1n) is 42.1. The number of hydrogen-bond donors (Lipinski definition) is 3. The Morgan fingerprint density at radius 3 is 0.680 bits per heavy atom. The highest BCUT2D eigenvalue weighted by molar-refractivity contribution is 7.47. The Hall–Kier alpha value is -1.94. The zero-order chi connectivity index (χ0) is 73.4. The van der Waals surface area contributed by atoms with Gasteiger partial charge in [-0.1, -0.05) is 381 Å². The predicted octanol–water partition coefficient (Wildman–Crippen LogP) is 24.4. The van der Waals surface area contributed by atoms with Gasteiger partial charge in [0.15, 0.2) is 12.2 Å². The number of ether oxygens (including phenoxy) is 4. The van der Waals surface area contributed by atoms with E-state index in [1.165, 1.54) is 257 Å². The zero-order valence-electron chi connectivity index (χ0n) is 65.3. The minimum atomic E-state index is -4.96. The van der Waals surface area contributed by atoms with E-state index in [0.717, 1.165) is 95.8 Å². The highest BCUT2D eigenvalue weighted by Gasteiger charge is 2.30. The first-order valence-corrected chi connectivity index (χ1v) is 45.1. The van der Waals surface area contributed by atoms with Crippen LogP contribution in [0.3, 0.4) is 0 Å². The summed E-state index contributed by atoms with van der Waals surface area (Å²) in [4.78, 5) is 72.9. The molecule has 0 bridgehead atoms. The van der Waals surface area contributed by atoms with Crippen LogP contribution in [0.2, 0.25) is 0 Å². The molecule has 19 heteroatoms. The lowest BCUT2D eigenvalue weighted by atomic mass is 10.0. The van der Waals surface area contributed by atoms with Gasteiger partial charge in [-0.2, -0.15) is 0 Å². The Labute approximate surface area is 613 Å². The van der Waals surface area contributed by atoms with Crippen LogP contribution in [0, 0.1) is 5.92 Å². The molecule has 0 aromatic carbocycles. The molecule has 3 N–H and O–H groups in total. The summed E-state index contributed by atoms with van der Waals surface area (Å²) in [6.45, 7) is 7.34. The molecule has 5 atom stereocenters. The highest BCUT2D eigenvalue weighted by Crippen LogP contribution is 2.45. The van der Waals surface area contributed by atoms with Gasteiger partial charge in [-0.3, -0.25) is 37.3 Å². The van der Waals surface area contributed by atoms with Gasteiger partial charge in [-0.25, -0.2) is 9.13 Å². The molecule has 0 aliphatic carbocycles. The molecule has 0 radical (unpaired) electrons. The molecule has 0 saturated heterocycles. The van der Waals surface area contributed by atoms with Gasteiger partial charge in [0.2, 0.25) is 0 Å². The maximum Gasteiger partial charge on any atom is 0.472 e. The average Bonchev–Trinajstić information content (AvgIpc) is 0.929. The van der Waals surface area contributed by atoms with E-state index in [1.807, 2.05) is 0 Å². The van der Waals surface area contributed by atoms with Gasteiger partial charge in [0, 0.05) is 25.7 Å². The molecule has 100 heavy (non-hydrogen) atoms. The van der Waals surface area contributed by atoms with Crippen molar-refractivity contribution in [3.8, 4) is 0 Å². The van der Waals surface area contributed by atoms with Crippen LogP contribution in [0.4, 0.5) is 0 Å². The van der Waals surface area contributed by atoms with E-state index in [-0.39, 0.29) is 25.7 Å². The van der Waals surface area contributed by atoms with E-state index in [1.54, 1.807) is 0 Å². The van der Waals surface area contributed by atoms with Crippen molar-refractivity contribution in [3.05, 3.63) is 0 Å². The molecular formula is C81H158O17P2. The normalized spacial score (nSPS) is 13.8. The summed E-state index contributed by atoms with van der Waals surface area (Å²) in [5.41, 5.74) is 0. The minimum Gasteiger partial charge on any atom is -0.462 e. The van der Waals surface area contributed by atoms with Crippen LogP contribution in [0.15, 0.2) is 0 Å². The average molecular weight is 1470 g/mol. The molecule has 0 aromatic rings. The number of aliphatic hydroxyl groups excluding tert-OH is 1. The lowest BCUT2D eigenvalue weighted by molar-refractivity contribution is -0.161. The first-order chi connectivity index (χ1) is 48.5. The van der Waals surface area contributed by atoms with Crippen molar-refractivity contribution in [2.45, 2.75) is 451 Å². The number of aliphatic hydroxyl groups is 1. The number of phosphoric acid groups is 2. The summed E-state index contributed by atoms with van der Waals surface area (Å²) in [6.07, 6.45) is 65.3. The van der Waals surface area contributed by atoms with Crippen molar-refractivity contribution in [3.63, 3.8) is 0 Å². The van der Waals surface area contributed by atoms with Crippen molar-refractivity contribution in [2.75, 3.05) is 39.6 Å². The SMILES string of the molecule is CCCCCCCCCCCCCCCCCCCCCC(=O)OC[C@H](COP(=O)(O)OC[C@@H](O)COP(=O)(O)OC[C@@H](COC(=O)CCCCCCCCCCC)OC(=O)CCCCCCCCCCCCC)OC(=O)CCCCCCCCCCCCCCCCCCCCC(C)C. The van der Waals surface area contributed by atoms with Gasteiger partial charge < -0.3 is 33.8 Å².